The van der Waals surface area contributed by atoms with Gasteiger partial charge in [-0.15, -0.1) is 0 Å². The first-order chi connectivity index (χ1) is 10.5. The lowest BCUT2D eigenvalue weighted by Gasteiger charge is -2.13. The van der Waals surface area contributed by atoms with E-state index in [1.54, 1.807) is 18.2 Å². The Morgan fingerprint density at radius 2 is 1.73 bits per heavy atom. The highest BCUT2D eigenvalue weighted by atomic mass is 35.5. The van der Waals surface area contributed by atoms with Gasteiger partial charge < -0.3 is 14.8 Å². The smallest absolute Gasteiger partial charge is 0.228 e. The fourth-order valence-corrected chi connectivity index (χ4v) is 2.40. The van der Waals surface area contributed by atoms with Crippen molar-refractivity contribution in [3.05, 3.63) is 52.0 Å². The molecule has 0 radical (unpaired) electrons. The highest BCUT2D eigenvalue weighted by Crippen LogP contribution is 2.35. The van der Waals surface area contributed by atoms with E-state index in [1.807, 2.05) is 18.2 Å². The van der Waals surface area contributed by atoms with Crippen LogP contribution in [-0.4, -0.2) is 20.1 Å². The van der Waals surface area contributed by atoms with E-state index >= 15 is 0 Å². The molecule has 22 heavy (non-hydrogen) atoms. The molecule has 0 aliphatic rings. The van der Waals surface area contributed by atoms with Crippen molar-refractivity contribution in [1.82, 2.24) is 0 Å². The monoisotopic (exact) mass is 339 g/mol. The number of hydrogen-bond donors (Lipinski definition) is 1. The molecule has 0 heterocycles. The van der Waals surface area contributed by atoms with Gasteiger partial charge >= 0.3 is 0 Å². The van der Waals surface area contributed by atoms with Gasteiger partial charge in [0.15, 0.2) is 0 Å². The highest BCUT2D eigenvalue weighted by molar-refractivity contribution is 6.32. The van der Waals surface area contributed by atoms with E-state index in [4.69, 9.17) is 32.7 Å². The van der Waals surface area contributed by atoms with Crippen molar-refractivity contribution >= 4 is 34.8 Å². The second-order valence-corrected chi connectivity index (χ2v) is 5.32. The maximum atomic E-state index is 12.2. The average Bonchev–Trinajstić information content (AvgIpc) is 2.50. The van der Waals surface area contributed by atoms with Gasteiger partial charge in [0.25, 0.3) is 0 Å². The van der Waals surface area contributed by atoms with Crippen molar-refractivity contribution < 1.29 is 14.3 Å². The molecule has 0 bridgehead atoms. The van der Waals surface area contributed by atoms with E-state index in [1.165, 1.54) is 14.2 Å². The van der Waals surface area contributed by atoms with Crippen LogP contribution < -0.4 is 14.8 Å². The Labute approximate surface area is 138 Å². The molecule has 0 fully saturated rings. The maximum absolute atomic E-state index is 12.2. The van der Waals surface area contributed by atoms with Gasteiger partial charge in [-0.1, -0.05) is 41.4 Å². The van der Waals surface area contributed by atoms with Crippen molar-refractivity contribution in [2.24, 2.45) is 0 Å². The van der Waals surface area contributed by atoms with Crippen LogP contribution in [0.5, 0.6) is 11.5 Å². The number of methoxy groups -OCH3 is 2. The third-order valence-electron chi connectivity index (χ3n) is 3.06. The molecule has 2 aromatic carbocycles. The van der Waals surface area contributed by atoms with Crippen LogP contribution in [0.4, 0.5) is 5.69 Å². The molecule has 116 valence electrons. The van der Waals surface area contributed by atoms with E-state index in [9.17, 15) is 4.79 Å². The van der Waals surface area contributed by atoms with Gasteiger partial charge in [-0.2, -0.15) is 0 Å². The Balaban J connectivity index is 2.19. The minimum absolute atomic E-state index is 0.160. The van der Waals surface area contributed by atoms with Crippen molar-refractivity contribution in [2.75, 3.05) is 19.5 Å². The molecule has 1 N–H and O–H groups in total. The summed E-state index contributed by atoms with van der Waals surface area (Å²) in [4.78, 5) is 12.2. The van der Waals surface area contributed by atoms with E-state index in [0.29, 0.717) is 27.2 Å². The lowest BCUT2D eigenvalue weighted by molar-refractivity contribution is -0.115. The van der Waals surface area contributed by atoms with Crippen LogP contribution in [0.15, 0.2) is 36.4 Å². The summed E-state index contributed by atoms with van der Waals surface area (Å²) < 4.78 is 10.4. The number of rotatable bonds is 5. The van der Waals surface area contributed by atoms with Crippen LogP contribution in [0.2, 0.25) is 10.0 Å². The van der Waals surface area contributed by atoms with Crippen LogP contribution in [0.1, 0.15) is 5.56 Å². The quantitative estimate of drug-likeness (QED) is 0.888. The summed E-state index contributed by atoms with van der Waals surface area (Å²) in [5, 5.41) is 3.74. The maximum Gasteiger partial charge on any atom is 0.228 e. The normalized spacial score (nSPS) is 10.2. The molecular formula is C16H15Cl2NO3. The lowest BCUT2D eigenvalue weighted by Crippen LogP contribution is -2.15. The summed E-state index contributed by atoms with van der Waals surface area (Å²) in [5.41, 5.74) is 1.24. The molecule has 0 aliphatic heterocycles. The molecule has 0 unspecified atom stereocenters. The Kier molecular flexibility index (Phi) is 5.52. The van der Waals surface area contributed by atoms with Gasteiger partial charge in [0.05, 0.1) is 31.4 Å². The standard InChI is InChI=1S/C16H15Cl2NO3/c1-21-14-9-13(15(22-2)8-12(14)18)19-16(20)7-10-5-3-4-6-11(10)17/h3-6,8-9H,7H2,1-2H3,(H,19,20). The fourth-order valence-electron chi connectivity index (χ4n) is 1.97. The van der Waals surface area contributed by atoms with Crippen LogP contribution in [0, 0.1) is 0 Å². The minimum atomic E-state index is -0.212. The molecule has 0 aromatic heterocycles. The number of ether oxygens (including phenoxy) is 2. The summed E-state index contributed by atoms with van der Waals surface area (Å²) in [6.45, 7) is 0. The molecule has 0 spiro atoms. The summed E-state index contributed by atoms with van der Waals surface area (Å²) >= 11 is 12.1. The largest absolute Gasteiger partial charge is 0.495 e. The molecule has 1 amide bonds. The molecule has 0 saturated carbocycles. The first-order valence-electron chi connectivity index (χ1n) is 6.50. The Morgan fingerprint density at radius 3 is 2.36 bits per heavy atom. The number of halogens is 2. The molecule has 0 aliphatic carbocycles. The zero-order chi connectivity index (χ0) is 16.1. The van der Waals surface area contributed by atoms with Crippen LogP contribution in [-0.2, 0) is 11.2 Å². The Hall–Kier alpha value is -1.91. The second-order valence-electron chi connectivity index (χ2n) is 4.50. The second kappa shape index (κ2) is 7.38. The van der Waals surface area contributed by atoms with Crippen LogP contribution >= 0.6 is 23.2 Å². The van der Waals surface area contributed by atoms with Gasteiger partial charge in [0.1, 0.15) is 11.5 Å². The summed E-state index contributed by atoms with van der Waals surface area (Å²) in [7, 11) is 3.00. The van der Waals surface area contributed by atoms with Gasteiger partial charge in [-0.3, -0.25) is 4.79 Å². The Bertz CT molecular complexity index is 689. The lowest BCUT2D eigenvalue weighted by atomic mass is 10.1. The average molecular weight is 340 g/mol. The molecule has 0 atom stereocenters. The highest BCUT2D eigenvalue weighted by Gasteiger charge is 2.13. The fraction of sp³-hybridized carbons (Fsp3) is 0.188. The van der Waals surface area contributed by atoms with E-state index < -0.39 is 0 Å². The van der Waals surface area contributed by atoms with Crippen molar-refractivity contribution in [3.8, 4) is 11.5 Å². The van der Waals surface area contributed by atoms with Crippen molar-refractivity contribution in [3.63, 3.8) is 0 Å². The summed E-state index contributed by atoms with van der Waals surface area (Å²) in [6, 6.07) is 10.4. The number of carbonyl (C=O) groups is 1. The third-order valence-corrected chi connectivity index (χ3v) is 3.72. The molecular weight excluding hydrogens is 325 g/mol. The molecule has 0 saturated heterocycles. The van der Waals surface area contributed by atoms with Gasteiger partial charge in [-0.05, 0) is 11.6 Å². The van der Waals surface area contributed by atoms with E-state index in [0.717, 1.165) is 5.56 Å². The number of carbonyl (C=O) groups excluding carboxylic acids is 1. The number of nitrogens with one attached hydrogen (secondary N) is 1. The van der Waals surface area contributed by atoms with Crippen LogP contribution in [0.25, 0.3) is 0 Å². The molecule has 4 nitrogen and oxygen atoms in total. The van der Waals surface area contributed by atoms with E-state index in [-0.39, 0.29) is 12.3 Å². The molecule has 2 rings (SSSR count). The predicted molar refractivity (Wildman–Crippen MR) is 88.3 cm³/mol. The predicted octanol–water partition coefficient (Wildman–Crippen LogP) is 4.19. The van der Waals surface area contributed by atoms with Gasteiger partial charge in [-0.25, -0.2) is 0 Å². The topological polar surface area (TPSA) is 47.6 Å². The van der Waals surface area contributed by atoms with Gasteiger partial charge in [0.2, 0.25) is 5.91 Å². The number of benzene rings is 2. The first-order valence-corrected chi connectivity index (χ1v) is 7.25. The van der Waals surface area contributed by atoms with Crippen LogP contribution in [0.3, 0.4) is 0 Å². The molecule has 6 heteroatoms. The summed E-state index contributed by atoms with van der Waals surface area (Å²) in [6.07, 6.45) is 0.160. The zero-order valence-corrected chi connectivity index (χ0v) is 13.7. The number of hydrogen-bond acceptors (Lipinski definition) is 3. The molecule has 2 aromatic rings. The summed E-state index contributed by atoms with van der Waals surface area (Å²) in [5.74, 6) is 0.699. The number of amides is 1. The Morgan fingerprint density at radius 1 is 1.05 bits per heavy atom. The van der Waals surface area contributed by atoms with E-state index in [2.05, 4.69) is 5.32 Å². The van der Waals surface area contributed by atoms with Gasteiger partial charge in [0, 0.05) is 17.2 Å². The zero-order valence-electron chi connectivity index (χ0n) is 12.2. The number of anilines is 1. The van der Waals surface area contributed by atoms with Crippen molar-refractivity contribution in [2.45, 2.75) is 6.42 Å². The third kappa shape index (κ3) is 3.84. The SMILES string of the molecule is COc1cc(NC(=O)Cc2ccccc2Cl)c(OC)cc1Cl. The first kappa shape index (κ1) is 16.5. The minimum Gasteiger partial charge on any atom is -0.495 e. The van der Waals surface area contributed by atoms with Crippen molar-refractivity contribution in [1.29, 1.82) is 0 Å².